The van der Waals surface area contributed by atoms with Crippen LogP contribution in [0.3, 0.4) is 0 Å². The van der Waals surface area contributed by atoms with Gasteiger partial charge in [-0.05, 0) is 36.3 Å². The first-order valence-corrected chi connectivity index (χ1v) is 8.80. The molecule has 5 heteroatoms. The number of rotatable bonds is 4. The molecule has 1 aliphatic carbocycles. The third-order valence-electron chi connectivity index (χ3n) is 4.63. The summed E-state index contributed by atoms with van der Waals surface area (Å²) in [5.74, 6) is 0.555. The summed E-state index contributed by atoms with van der Waals surface area (Å²) in [4.78, 5) is 13.1. The summed E-state index contributed by atoms with van der Waals surface area (Å²) < 4.78 is 1.98. The minimum absolute atomic E-state index is 0.0486. The molecule has 2 aromatic rings. The van der Waals surface area contributed by atoms with Gasteiger partial charge in [0.1, 0.15) is 4.88 Å². The zero-order valence-electron chi connectivity index (χ0n) is 12.2. The van der Waals surface area contributed by atoms with Gasteiger partial charge in [0.15, 0.2) is 0 Å². The van der Waals surface area contributed by atoms with E-state index in [1.807, 2.05) is 18.2 Å². The summed E-state index contributed by atoms with van der Waals surface area (Å²) in [5, 5.41) is 4.02. The smallest absolute Gasteiger partial charge is 0.263 e. The van der Waals surface area contributed by atoms with E-state index in [0.717, 1.165) is 21.1 Å². The van der Waals surface area contributed by atoms with Crippen molar-refractivity contribution in [3.63, 3.8) is 0 Å². The Hall–Kier alpha value is -1.07. The lowest BCUT2D eigenvalue weighted by Gasteiger charge is -2.19. The van der Waals surface area contributed by atoms with Gasteiger partial charge in [-0.2, -0.15) is 0 Å². The Morgan fingerprint density at radius 1 is 1.48 bits per heavy atom. The van der Waals surface area contributed by atoms with E-state index in [1.165, 1.54) is 24.2 Å². The van der Waals surface area contributed by atoms with E-state index in [2.05, 4.69) is 35.1 Å². The van der Waals surface area contributed by atoms with E-state index in [0.29, 0.717) is 21.9 Å². The number of amides is 1. The van der Waals surface area contributed by atoms with Crippen molar-refractivity contribution in [3.05, 3.63) is 27.5 Å². The van der Waals surface area contributed by atoms with E-state index in [4.69, 9.17) is 5.73 Å². The topological polar surface area (TPSA) is 55.1 Å². The van der Waals surface area contributed by atoms with Crippen molar-refractivity contribution in [1.82, 2.24) is 5.32 Å². The van der Waals surface area contributed by atoms with Crippen LogP contribution < -0.4 is 11.1 Å². The maximum Gasteiger partial charge on any atom is 0.263 e. The predicted molar refractivity (Wildman–Crippen MR) is 92.8 cm³/mol. The average Bonchev–Trinajstić information content (AvgIpc) is 3.16. The number of halogens is 1. The molecular formula is C16H19BrN2OS. The van der Waals surface area contributed by atoms with E-state index < -0.39 is 0 Å². The van der Waals surface area contributed by atoms with Gasteiger partial charge in [-0.3, -0.25) is 4.79 Å². The van der Waals surface area contributed by atoms with Gasteiger partial charge >= 0.3 is 0 Å². The van der Waals surface area contributed by atoms with Crippen LogP contribution in [0, 0.1) is 11.3 Å². The fourth-order valence-electron chi connectivity index (χ4n) is 2.75. The first-order chi connectivity index (χ1) is 9.94. The largest absolute Gasteiger partial charge is 0.397 e. The quantitative estimate of drug-likeness (QED) is 0.841. The van der Waals surface area contributed by atoms with E-state index >= 15 is 0 Å². The molecule has 3 N–H and O–H groups in total. The lowest BCUT2D eigenvalue weighted by atomic mass is 9.92. The van der Waals surface area contributed by atoms with Gasteiger partial charge in [0.2, 0.25) is 0 Å². The Labute approximate surface area is 137 Å². The number of carbonyl (C=O) groups excluding carboxylic acids is 1. The summed E-state index contributed by atoms with van der Waals surface area (Å²) in [7, 11) is 0. The molecule has 1 aliphatic rings. The molecule has 0 spiro atoms. The second-order valence-corrected chi connectivity index (χ2v) is 8.06. The highest BCUT2D eigenvalue weighted by atomic mass is 79.9. The number of hydrogen-bond acceptors (Lipinski definition) is 3. The highest BCUT2D eigenvalue weighted by Gasteiger charge is 2.45. The van der Waals surface area contributed by atoms with Crippen LogP contribution in [0.4, 0.5) is 5.69 Å². The standard InChI is InChI=1S/C16H19BrN2OS/c1-9(2)16(6-7-16)8-19-15(20)14-13(18)12-10(17)4-3-5-11(12)21-14/h3-5,9H,6-8,18H2,1-2H3,(H,19,20). The summed E-state index contributed by atoms with van der Waals surface area (Å²) >= 11 is 4.96. The van der Waals surface area contributed by atoms with Crippen molar-refractivity contribution < 1.29 is 4.79 Å². The van der Waals surface area contributed by atoms with Gasteiger partial charge in [0, 0.05) is 21.1 Å². The zero-order valence-corrected chi connectivity index (χ0v) is 14.6. The van der Waals surface area contributed by atoms with Crippen LogP contribution in [-0.4, -0.2) is 12.5 Å². The lowest BCUT2D eigenvalue weighted by molar-refractivity contribution is 0.0944. The maximum atomic E-state index is 12.4. The molecule has 0 unspecified atom stereocenters. The normalized spacial score (nSPS) is 16.4. The summed E-state index contributed by atoms with van der Waals surface area (Å²) in [6, 6.07) is 5.90. The number of anilines is 1. The van der Waals surface area contributed by atoms with Gasteiger partial charge in [0.05, 0.1) is 5.69 Å². The van der Waals surface area contributed by atoms with Crippen LogP contribution in [0.1, 0.15) is 36.4 Å². The predicted octanol–water partition coefficient (Wildman–Crippen LogP) is 4.41. The molecule has 0 bridgehead atoms. The van der Waals surface area contributed by atoms with Crippen LogP contribution in [-0.2, 0) is 0 Å². The van der Waals surface area contributed by atoms with Crippen LogP contribution in [0.15, 0.2) is 22.7 Å². The highest BCUT2D eigenvalue weighted by Crippen LogP contribution is 2.51. The number of thiophene rings is 1. The molecular weight excluding hydrogens is 348 g/mol. The number of fused-ring (bicyclic) bond motifs is 1. The molecule has 0 atom stereocenters. The van der Waals surface area contributed by atoms with Crippen molar-refractivity contribution in [2.75, 3.05) is 12.3 Å². The molecule has 112 valence electrons. The fourth-order valence-corrected chi connectivity index (χ4v) is 4.53. The number of hydrogen-bond donors (Lipinski definition) is 2. The Morgan fingerprint density at radius 2 is 2.19 bits per heavy atom. The number of carbonyl (C=O) groups is 1. The van der Waals surface area contributed by atoms with Crippen molar-refractivity contribution in [2.24, 2.45) is 11.3 Å². The lowest BCUT2D eigenvalue weighted by Crippen LogP contribution is -2.32. The van der Waals surface area contributed by atoms with Gasteiger partial charge in [0.25, 0.3) is 5.91 Å². The molecule has 21 heavy (non-hydrogen) atoms. The van der Waals surface area contributed by atoms with Crippen LogP contribution >= 0.6 is 27.3 Å². The molecule has 0 aliphatic heterocycles. The number of nitrogens with one attached hydrogen (secondary N) is 1. The van der Waals surface area contributed by atoms with Gasteiger partial charge < -0.3 is 11.1 Å². The summed E-state index contributed by atoms with van der Waals surface area (Å²) in [6.45, 7) is 5.20. The van der Waals surface area contributed by atoms with E-state index in [1.54, 1.807) is 0 Å². The minimum Gasteiger partial charge on any atom is -0.397 e. The van der Waals surface area contributed by atoms with Crippen molar-refractivity contribution in [1.29, 1.82) is 0 Å². The fraction of sp³-hybridized carbons (Fsp3) is 0.438. The number of nitrogens with two attached hydrogens (primary N) is 1. The number of benzene rings is 1. The Bertz CT molecular complexity index is 704. The van der Waals surface area contributed by atoms with E-state index in [9.17, 15) is 4.79 Å². The van der Waals surface area contributed by atoms with Crippen LogP contribution in [0.5, 0.6) is 0 Å². The Kier molecular flexibility index (Phi) is 3.74. The zero-order chi connectivity index (χ0) is 15.2. The monoisotopic (exact) mass is 366 g/mol. The molecule has 0 saturated heterocycles. The second-order valence-electron chi connectivity index (χ2n) is 6.16. The molecule has 1 aromatic heterocycles. The second kappa shape index (κ2) is 5.29. The molecule has 1 aromatic carbocycles. The van der Waals surface area contributed by atoms with Crippen LogP contribution in [0.25, 0.3) is 10.1 Å². The third-order valence-corrected chi connectivity index (χ3v) is 6.46. The summed E-state index contributed by atoms with van der Waals surface area (Å²) in [6.07, 6.45) is 2.41. The van der Waals surface area contributed by atoms with Crippen molar-refractivity contribution in [3.8, 4) is 0 Å². The molecule has 1 heterocycles. The highest BCUT2D eigenvalue weighted by molar-refractivity contribution is 9.10. The van der Waals surface area contributed by atoms with Crippen molar-refractivity contribution >= 4 is 48.9 Å². The van der Waals surface area contributed by atoms with Gasteiger partial charge in [-0.1, -0.05) is 35.8 Å². The van der Waals surface area contributed by atoms with E-state index in [-0.39, 0.29) is 5.91 Å². The van der Waals surface area contributed by atoms with Gasteiger partial charge in [-0.25, -0.2) is 0 Å². The molecule has 0 radical (unpaired) electrons. The Balaban J connectivity index is 1.82. The molecule has 1 fully saturated rings. The molecule has 3 nitrogen and oxygen atoms in total. The third kappa shape index (κ3) is 2.57. The first-order valence-electron chi connectivity index (χ1n) is 7.19. The van der Waals surface area contributed by atoms with Crippen LogP contribution in [0.2, 0.25) is 0 Å². The average molecular weight is 367 g/mol. The van der Waals surface area contributed by atoms with Crippen molar-refractivity contribution in [2.45, 2.75) is 26.7 Å². The molecule has 3 rings (SSSR count). The maximum absolute atomic E-state index is 12.4. The number of nitrogen functional groups attached to an aromatic ring is 1. The van der Waals surface area contributed by atoms with Gasteiger partial charge in [-0.15, -0.1) is 11.3 Å². The molecule has 1 amide bonds. The molecule has 1 saturated carbocycles. The summed E-state index contributed by atoms with van der Waals surface area (Å²) in [5.41, 5.74) is 7.06. The first kappa shape index (κ1) is 14.9. The minimum atomic E-state index is -0.0486. The Morgan fingerprint density at radius 3 is 2.76 bits per heavy atom. The SMILES string of the molecule is CC(C)C1(CNC(=O)c2sc3cccc(Br)c3c2N)CC1.